The monoisotopic (exact) mass is 357 g/mol. The van der Waals surface area contributed by atoms with Crippen molar-refractivity contribution in [1.29, 1.82) is 0 Å². The second-order valence-corrected chi connectivity index (χ2v) is 7.28. The van der Waals surface area contributed by atoms with Crippen molar-refractivity contribution in [2.24, 2.45) is 11.8 Å². The zero-order valence-corrected chi connectivity index (χ0v) is 14.8. The average molecular weight is 359 g/mol. The van der Waals surface area contributed by atoms with Crippen LogP contribution in [0.3, 0.4) is 0 Å². The largest absolute Gasteiger partial charge is 0.310 e. The summed E-state index contributed by atoms with van der Waals surface area (Å²) in [6.07, 6.45) is 6.76. The first-order valence-corrected chi connectivity index (χ1v) is 9.00. The predicted octanol–water partition coefficient (Wildman–Crippen LogP) is 5.97. The Bertz CT molecular complexity index is 407. The summed E-state index contributed by atoms with van der Waals surface area (Å²) in [5.41, 5.74) is 1.33. The van der Waals surface area contributed by atoms with Crippen LogP contribution in [0.2, 0.25) is 5.02 Å². The van der Waals surface area contributed by atoms with Crippen LogP contribution in [0.5, 0.6) is 0 Å². The number of hydrogen-bond acceptors (Lipinski definition) is 1. The molecule has 112 valence electrons. The maximum Gasteiger partial charge on any atom is 0.0420 e. The Labute approximate surface area is 136 Å². The maximum atomic E-state index is 6.22. The number of benzene rings is 1. The molecule has 0 heterocycles. The molecule has 1 N–H and O–H groups in total. The van der Waals surface area contributed by atoms with Crippen LogP contribution in [0.25, 0.3) is 0 Å². The molecule has 1 fully saturated rings. The lowest BCUT2D eigenvalue weighted by molar-refractivity contribution is 0.220. The standard InChI is InChI=1S/C17H25BrClN/c1-3-12-5-7-13(8-6-12)17(20-4-2)14-9-15(18)11-16(19)10-14/h9-13,17,20H,3-8H2,1-2H3. The maximum absolute atomic E-state index is 6.22. The fourth-order valence-corrected chi connectivity index (χ4v) is 4.35. The summed E-state index contributed by atoms with van der Waals surface area (Å²) >= 11 is 9.79. The fourth-order valence-electron chi connectivity index (χ4n) is 3.46. The van der Waals surface area contributed by atoms with Crippen LogP contribution in [0.15, 0.2) is 22.7 Å². The van der Waals surface area contributed by atoms with Crippen molar-refractivity contribution < 1.29 is 0 Å². The molecule has 0 spiro atoms. The third kappa shape index (κ3) is 4.22. The summed E-state index contributed by atoms with van der Waals surface area (Å²) < 4.78 is 1.07. The lowest BCUT2D eigenvalue weighted by Crippen LogP contribution is -2.31. The SMILES string of the molecule is CCNC(c1cc(Cl)cc(Br)c1)C1CCC(CC)CC1. The summed E-state index contributed by atoms with van der Waals surface area (Å²) in [5, 5.41) is 4.50. The summed E-state index contributed by atoms with van der Waals surface area (Å²) in [6, 6.07) is 6.73. The molecule has 0 aliphatic heterocycles. The van der Waals surface area contributed by atoms with E-state index in [1.165, 1.54) is 37.7 Å². The number of rotatable bonds is 5. The van der Waals surface area contributed by atoms with Crippen LogP contribution >= 0.6 is 27.5 Å². The van der Waals surface area contributed by atoms with Crippen LogP contribution in [-0.2, 0) is 0 Å². The highest BCUT2D eigenvalue weighted by atomic mass is 79.9. The van der Waals surface area contributed by atoms with E-state index in [9.17, 15) is 0 Å². The van der Waals surface area contributed by atoms with Gasteiger partial charge in [-0.15, -0.1) is 0 Å². The molecular weight excluding hydrogens is 334 g/mol. The Balaban J connectivity index is 2.14. The third-order valence-electron chi connectivity index (χ3n) is 4.61. The van der Waals surface area contributed by atoms with Gasteiger partial charge >= 0.3 is 0 Å². The van der Waals surface area contributed by atoms with E-state index in [-0.39, 0.29) is 0 Å². The molecule has 1 aromatic rings. The van der Waals surface area contributed by atoms with Crippen LogP contribution in [0.1, 0.15) is 57.6 Å². The number of nitrogens with one attached hydrogen (secondary N) is 1. The van der Waals surface area contributed by atoms with Gasteiger partial charge in [-0.25, -0.2) is 0 Å². The highest BCUT2D eigenvalue weighted by Crippen LogP contribution is 2.39. The van der Waals surface area contributed by atoms with Crippen molar-refractivity contribution in [2.75, 3.05) is 6.54 Å². The zero-order valence-electron chi connectivity index (χ0n) is 12.5. The van der Waals surface area contributed by atoms with E-state index in [4.69, 9.17) is 11.6 Å². The van der Waals surface area contributed by atoms with Crippen molar-refractivity contribution >= 4 is 27.5 Å². The Kier molecular flexibility index (Phi) is 6.38. The van der Waals surface area contributed by atoms with Crippen molar-refractivity contribution in [3.8, 4) is 0 Å². The van der Waals surface area contributed by atoms with Crippen LogP contribution in [0, 0.1) is 11.8 Å². The highest BCUT2D eigenvalue weighted by Gasteiger charge is 2.27. The van der Waals surface area contributed by atoms with Gasteiger partial charge in [0.15, 0.2) is 0 Å². The average Bonchev–Trinajstić information content (AvgIpc) is 2.44. The Morgan fingerprint density at radius 2 is 1.90 bits per heavy atom. The van der Waals surface area contributed by atoms with Gasteiger partial charge in [0.2, 0.25) is 0 Å². The van der Waals surface area contributed by atoms with Crippen molar-refractivity contribution in [3.05, 3.63) is 33.3 Å². The second-order valence-electron chi connectivity index (χ2n) is 5.93. The molecule has 20 heavy (non-hydrogen) atoms. The summed E-state index contributed by atoms with van der Waals surface area (Å²) in [4.78, 5) is 0. The van der Waals surface area contributed by atoms with Gasteiger partial charge in [0.05, 0.1) is 0 Å². The summed E-state index contributed by atoms with van der Waals surface area (Å²) in [6.45, 7) is 5.51. The molecule has 0 amide bonds. The molecule has 0 radical (unpaired) electrons. The quantitative estimate of drug-likeness (QED) is 0.683. The predicted molar refractivity (Wildman–Crippen MR) is 91.3 cm³/mol. The molecule has 1 nitrogen and oxygen atoms in total. The normalized spacial score (nSPS) is 24.6. The molecule has 3 heteroatoms. The van der Waals surface area contributed by atoms with E-state index in [1.807, 2.05) is 6.07 Å². The first-order chi connectivity index (χ1) is 9.63. The first-order valence-electron chi connectivity index (χ1n) is 7.83. The van der Waals surface area contributed by atoms with Gasteiger partial charge in [0.1, 0.15) is 0 Å². The molecule has 0 saturated heterocycles. The molecule has 1 saturated carbocycles. The van der Waals surface area contributed by atoms with E-state index in [1.54, 1.807) is 0 Å². The molecular formula is C17H25BrClN. The minimum Gasteiger partial charge on any atom is -0.310 e. The van der Waals surface area contributed by atoms with E-state index >= 15 is 0 Å². The molecule has 1 aliphatic rings. The first kappa shape index (κ1) is 16.3. The lowest BCUT2D eigenvalue weighted by Gasteiger charge is -2.34. The van der Waals surface area contributed by atoms with Crippen LogP contribution in [-0.4, -0.2) is 6.54 Å². The Hall–Kier alpha value is -0.0500. The zero-order chi connectivity index (χ0) is 14.5. The van der Waals surface area contributed by atoms with Crippen LogP contribution in [0.4, 0.5) is 0 Å². The van der Waals surface area contributed by atoms with E-state index in [0.29, 0.717) is 6.04 Å². The number of halogens is 2. The van der Waals surface area contributed by atoms with Crippen molar-refractivity contribution in [3.63, 3.8) is 0 Å². The van der Waals surface area contributed by atoms with Gasteiger partial charge in [0.25, 0.3) is 0 Å². The van der Waals surface area contributed by atoms with Gasteiger partial charge in [0, 0.05) is 15.5 Å². The molecule has 2 rings (SSSR count). The van der Waals surface area contributed by atoms with Gasteiger partial charge in [-0.05, 0) is 55.0 Å². The minimum atomic E-state index is 0.438. The summed E-state index contributed by atoms with van der Waals surface area (Å²) in [7, 11) is 0. The Morgan fingerprint density at radius 3 is 2.45 bits per heavy atom. The topological polar surface area (TPSA) is 12.0 Å². The third-order valence-corrected chi connectivity index (χ3v) is 5.28. The Morgan fingerprint density at radius 1 is 1.20 bits per heavy atom. The van der Waals surface area contributed by atoms with Gasteiger partial charge in [-0.1, -0.05) is 60.6 Å². The molecule has 1 aliphatic carbocycles. The molecule has 1 aromatic carbocycles. The minimum absolute atomic E-state index is 0.438. The fraction of sp³-hybridized carbons (Fsp3) is 0.647. The van der Waals surface area contributed by atoms with E-state index in [2.05, 4.69) is 47.2 Å². The highest BCUT2D eigenvalue weighted by molar-refractivity contribution is 9.10. The van der Waals surface area contributed by atoms with Gasteiger partial charge in [-0.3, -0.25) is 0 Å². The molecule has 0 aromatic heterocycles. The number of hydrogen-bond donors (Lipinski definition) is 1. The summed E-state index contributed by atoms with van der Waals surface area (Å²) in [5.74, 6) is 1.68. The van der Waals surface area contributed by atoms with Crippen molar-refractivity contribution in [1.82, 2.24) is 5.32 Å². The van der Waals surface area contributed by atoms with Gasteiger partial charge < -0.3 is 5.32 Å². The van der Waals surface area contributed by atoms with Crippen LogP contribution < -0.4 is 5.32 Å². The molecule has 1 unspecified atom stereocenters. The van der Waals surface area contributed by atoms with Crippen molar-refractivity contribution in [2.45, 2.75) is 52.0 Å². The second kappa shape index (κ2) is 7.82. The smallest absolute Gasteiger partial charge is 0.0420 e. The van der Waals surface area contributed by atoms with E-state index < -0.39 is 0 Å². The van der Waals surface area contributed by atoms with Gasteiger partial charge in [-0.2, -0.15) is 0 Å². The molecule has 1 atom stereocenters. The lowest BCUT2D eigenvalue weighted by atomic mass is 9.76. The molecule has 0 bridgehead atoms. The van der Waals surface area contributed by atoms with E-state index in [0.717, 1.165) is 27.9 Å².